The standard InChI is InChI=1S/C27H24N4O3S/c1-3-22(25(32)28-18-12-9-13-19(16-18)34-2)35-27-29-21-15-8-7-14-20(21)24-30-23(26(33)31(24)27)17-10-5-4-6-11-17/h4-16,22-23H,3H2,1-2H3,(H,28,32)/t22-,23-/m0/s1. The molecule has 0 bridgehead atoms. The molecule has 0 aliphatic carbocycles. The Balaban J connectivity index is 1.45. The van der Waals surface area contributed by atoms with E-state index in [9.17, 15) is 9.59 Å². The monoisotopic (exact) mass is 484 g/mol. The van der Waals surface area contributed by atoms with Crippen molar-refractivity contribution in [2.75, 3.05) is 12.4 Å². The van der Waals surface area contributed by atoms with Crippen LogP contribution in [0.3, 0.4) is 0 Å². The van der Waals surface area contributed by atoms with E-state index in [1.807, 2.05) is 79.7 Å². The maximum atomic E-state index is 13.6. The number of thioether (sulfide) groups is 1. The summed E-state index contributed by atoms with van der Waals surface area (Å²) in [5.41, 5.74) is 3.00. The van der Waals surface area contributed by atoms with Gasteiger partial charge in [0, 0.05) is 17.3 Å². The van der Waals surface area contributed by atoms with E-state index >= 15 is 0 Å². The van der Waals surface area contributed by atoms with Gasteiger partial charge in [-0.15, -0.1) is 0 Å². The summed E-state index contributed by atoms with van der Waals surface area (Å²) in [7, 11) is 1.58. The lowest BCUT2D eigenvalue weighted by atomic mass is 10.1. The number of nitrogens with zero attached hydrogens (tertiary/aromatic N) is 3. The largest absolute Gasteiger partial charge is 0.497 e. The molecule has 5 rings (SSSR count). The highest BCUT2D eigenvalue weighted by molar-refractivity contribution is 8.15. The lowest BCUT2D eigenvalue weighted by Crippen LogP contribution is -2.41. The topological polar surface area (TPSA) is 83.4 Å². The number of amides is 2. The van der Waals surface area contributed by atoms with E-state index in [0.29, 0.717) is 28.9 Å². The van der Waals surface area contributed by atoms with Gasteiger partial charge in [0.15, 0.2) is 11.2 Å². The first kappa shape index (κ1) is 22.9. The quantitative estimate of drug-likeness (QED) is 0.523. The van der Waals surface area contributed by atoms with Gasteiger partial charge < -0.3 is 10.1 Å². The molecule has 0 saturated carbocycles. The van der Waals surface area contributed by atoms with Crippen LogP contribution in [0.4, 0.5) is 11.4 Å². The third-order valence-corrected chi connectivity index (χ3v) is 7.15. The van der Waals surface area contributed by atoms with Crippen LogP contribution < -0.4 is 10.1 Å². The average Bonchev–Trinajstić information content (AvgIpc) is 3.25. The Morgan fingerprint density at radius 3 is 2.63 bits per heavy atom. The predicted molar refractivity (Wildman–Crippen MR) is 139 cm³/mol. The van der Waals surface area contributed by atoms with Crippen molar-refractivity contribution in [3.05, 3.63) is 90.0 Å². The fourth-order valence-corrected chi connectivity index (χ4v) is 5.07. The molecule has 2 heterocycles. The number of methoxy groups -OCH3 is 1. The second-order valence-electron chi connectivity index (χ2n) is 8.09. The zero-order chi connectivity index (χ0) is 24.4. The Hall–Kier alpha value is -3.91. The number of ether oxygens (including phenoxy) is 1. The smallest absolute Gasteiger partial charge is 0.263 e. The molecule has 35 heavy (non-hydrogen) atoms. The number of para-hydroxylation sites is 1. The molecule has 2 aliphatic rings. The first-order valence-corrected chi connectivity index (χ1v) is 12.2. The second kappa shape index (κ2) is 9.76. The van der Waals surface area contributed by atoms with Gasteiger partial charge in [0.2, 0.25) is 5.91 Å². The van der Waals surface area contributed by atoms with Crippen LogP contribution in [-0.4, -0.2) is 40.1 Å². The summed E-state index contributed by atoms with van der Waals surface area (Å²) < 4.78 is 5.25. The molecule has 0 radical (unpaired) electrons. The Morgan fingerprint density at radius 2 is 1.86 bits per heavy atom. The number of aliphatic imine (C=N–C) groups is 2. The maximum absolute atomic E-state index is 13.6. The van der Waals surface area contributed by atoms with Crippen molar-refractivity contribution in [1.29, 1.82) is 0 Å². The molecule has 0 fully saturated rings. The summed E-state index contributed by atoms with van der Waals surface area (Å²) in [4.78, 5) is 37.9. The minimum atomic E-state index is -0.645. The molecule has 2 amide bonds. The molecule has 0 unspecified atom stereocenters. The Bertz CT molecular complexity index is 1340. The van der Waals surface area contributed by atoms with E-state index in [0.717, 1.165) is 16.8 Å². The van der Waals surface area contributed by atoms with Crippen LogP contribution in [0.25, 0.3) is 0 Å². The number of rotatable bonds is 6. The first-order chi connectivity index (χ1) is 17.1. The minimum Gasteiger partial charge on any atom is -0.497 e. The van der Waals surface area contributed by atoms with Gasteiger partial charge in [-0.05, 0) is 36.2 Å². The predicted octanol–water partition coefficient (Wildman–Crippen LogP) is 5.18. The third kappa shape index (κ3) is 4.44. The third-order valence-electron chi connectivity index (χ3n) is 5.83. The number of carbonyl (C=O) groups excluding carboxylic acids is 2. The van der Waals surface area contributed by atoms with Crippen LogP contribution in [0.15, 0.2) is 88.8 Å². The molecule has 1 N–H and O–H groups in total. The number of anilines is 1. The highest BCUT2D eigenvalue weighted by Crippen LogP contribution is 2.38. The SMILES string of the molecule is CC[C@H](SC1=Nc2ccccc2C2=N[C@@H](c3ccccc3)C(=O)N12)C(=O)Nc1cccc(OC)c1. The van der Waals surface area contributed by atoms with Crippen LogP contribution in [0, 0.1) is 0 Å². The molecular weight excluding hydrogens is 460 g/mol. The lowest BCUT2D eigenvalue weighted by Gasteiger charge is -2.27. The van der Waals surface area contributed by atoms with E-state index in [2.05, 4.69) is 5.32 Å². The first-order valence-electron chi connectivity index (χ1n) is 11.4. The van der Waals surface area contributed by atoms with Crippen LogP contribution in [0.2, 0.25) is 0 Å². The summed E-state index contributed by atoms with van der Waals surface area (Å²) >= 11 is 1.27. The van der Waals surface area contributed by atoms with E-state index in [4.69, 9.17) is 14.7 Å². The van der Waals surface area contributed by atoms with E-state index < -0.39 is 11.3 Å². The molecule has 3 aromatic carbocycles. The van der Waals surface area contributed by atoms with Crippen LogP contribution in [0.5, 0.6) is 5.75 Å². The lowest BCUT2D eigenvalue weighted by molar-refractivity contribution is -0.124. The summed E-state index contributed by atoms with van der Waals surface area (Å²) in [5.74, 6) is 0.888. The van der Waals surface area contributed by atoms with Gasteiger partial charge in [-0.2, -0.15) is 0 Å². The average molecular weight is 485 g/mol. The Labute approximate surface area is 207 Å². The molecular formula is C27H24N4O3S. The number of amidine groups is 2. The molecule has 0 aromatic heterocycles. The van der Waals surface area contributed by atoms with Gasteiger partial charge in [0.05, 0.1) is 18.0 Å². The van der Waals surface area contributed by atoms with Crippen LogP contribution in [-0.2, 0) is 9.59 Å². The van der Waals surface area contributed by atoms with Crippen molar-refractivity contribution in [3.8, 4) is 5.75 Å². The van der Waals surface area contributed by atoms with Gasteiger partial charge in [0.1, 0.15) is 11.6 Å². The van der Waals surface area contributed by atoms with Crippen LogP contribution >= 0.6 is 11.8 Å². The van der Waals surface area contributed by atoms with Crippen molar-refractivity contribution < 1.29 is 14.3 Å². The number of fused-ring (bicyclic) bond motifs is 3. The molecule has 0 saturated heterocycles. The van der Waals surface area contributed by atoms with Crippen molar-refractivity contribution >= 4 is 46.0 Å². The summed E-state index contributed by atoms with van der Waals surface area (Å²) in [6.07, 6.45) is 0.553. The number of nitrogens with one attached hydrogen (secondary N) is 1. The van der Waals surface area contributed by atoms with Crippen molar-refractivity contribution in [2.24, 2.45) is 9.98 Å². The minimum absolute atomic E-state index is 0.169. The zero-order valence-corrected chi connectivity index (χ0v) is 20.2. The maximum Gasteiger partial charge on any atom is 0.263 e. The van der Waals surface area contributed by atoms with E-state index in [1.54, 1.807) is 18.1 Å². The summed E-state index contributed by atoms with van der Waals surface area (Å²) in [6, 6.07) is 23.7. The summed E-state index contributed by atoms with van der Waals surface area (Å²) in [6.45, 7) is 1.94. The number of hydrogen-bond acceptors (Lipinski definition) is 6. The molecule has 7 nitrogen and oxygen atoms in total. The number of carbonyl (C=O) groups is 2. The molecule has 0 spiro atoms. The number of benzene rings is 3. The number of hydrogen-bond donors (Lipinski definition) is 1. The van der Waals surface area contributed by atoms with Crippen molar-refractivity contribution in [2.45, 2.75) is 24.6 Å². The normalized spacial score (nSPS) is 17.1. The fraction of sp³-hybridized carbons (Fsp3) is 0.185. The fourth-order valence-electron chi connectivity index (χ4n) is 4.05. The van der Waals surface area contributed by atoms with Gasteiger partial charge in [-0.25, -0.2) is 14.9 Å². The van der Waals surface area contributed by atoms with Crippen LogP contribution in [0.1, 0.15) is 30.5 Å². The Kier molecular flexibility index (Phi) is 6.37. The van der Waals surface area contributed by atoms with Gasteiger partial charge in [-0.3, -0.25) is 9.59 Å². The highest BCUT2D eigenvalue weighted by Gasteiger charge is 2.43. The molecule has 8 heteroatoms. The van der Waals surface area contributed by atoms with Gasteiger partial charge >= 0.3 is 0 Å². The second-order valence-corrected chi connectivity index (χ2v) is 9.26. The van der Waals surface area contributed by atoms with E-state index in [1.165, 1.54) is 11.8 Å². The van der Waals surface area contributed by atoms with Gasteiger partial charge in [0.25, 0.3) is 5.91 Å². The summed E-state index contributed by atoms with van der Waals surface area (Å²) in [5, 5.41) is 2.95. The molecule has 2 aliphatic heterocycles. The van der Waals surface area contributed by atoms with E-state index in [-0.39, 0.29) is 11.8 Å². The molecule has 176 valence electrons. The van der Waals surface area contributed by atoms with Gasteiger partial charge in [-0.1, -0.05) is 67.2 Å². The Morgan fingerprint density at radius 1 is 1.09 bits per heavy atom. The molecule has 3 aromatic rings. The highest BCUT2D eigenvalue weighted by atomic mass is 32.2. The molecule has 2 atom stereocenters. The zero-order valence-electron chi connectivity index (χ0n) is 19.3. The van der Waals surface area contributed by atoms with Crippen molar-refractivity contribution in [3.63, 3.8) is 0 Å². The van der Waals surface area contributed by atoms with Crippen molar-refractivity contribution in [1.82, 2.24) is 4.90 Å².